The molecule has 0 saturated heterocycles. The van der Waals surface area contributed by atoms with E-state index in [1.54, 1.807) is 37.1 Å². The molecule has 1 atom stereocenters. The van der Waals surface area contributed by atoms with Gasteiger partial charge in [0.05, 0.1) is 17.5 Å². The molecule has 2 aromatic rings. The normalized spacial score (nSPS) is 12.2. The zero-order valence-corrected chi connectivity index (χ0v) is 12.4. The second kappa shape index (κ2) is 6.05. The third kappa shape index (κ3) is 2.80. The number of halogens is 1. The molecule has 0 fully saturated rings. The number of rotatable bonds is 4. The van der Waals surface area contributed by atoms with Crippen molar-refractivity contribution in [1.29, 1.82) is 0 Å². The largest absolute Gasteiger partial charge is 0.338 e. The summed E-state index contributed by atoms with van der Waals surface area (Å²) < 4.78 is 15.3. The van der Waals surface area contributed by atoms with Crippen molar-refractivity contribution in [3.8, 4) is 5.69 Å². The molecule has 0 aliphatic carbocycles. The van der Waals surface area contributed by atoms with Crippen LogP contribution < -0.4 is 5.73 Å². The summed E-state index contributed by atoms with van der Waals surface area (Å²) in [5, 5.41) is 4.13. The number of nitrogens with two attached hydrogens (primary N) is 1. The van der Waals surface area contributed by atoms with Crippen LogP contribution in [-0.2, 0) is 0 Å². The molecule has 1 aromatic carbocycles. The van der Waals surface area contributed by atoms with Gasteiger partial charge in [0, 0.05) is 19.6 Å². The van der Waals surface area contributed by atoms with E-state index in [4.69, 9.17) is 5.73 Å². The standard InChI is InChI=1S/C15H19FN4O/c1-10(8-17)19(3)15(21)12-9-18-20(11(12)2)14-7-5-4-6-13(14)16/h4-7,9-10H,8,17H2,1-3H3. The van der Waals surface area contributed by atoms with Gasteiger partial charge < -0.3 is 10.6 Å². The number of benzene rings is 1. The lowest BCUT2D eigenvalue weighted by molar-refractivity contribution is 0.0747. The molecule has 1 amide bonds. The van der Waals surface area contributed by atoms with Crippen LogP contribution in [0.1, 0.15) is 23.0 Å². The van der Waals surface area contributed by atoms with E-state index < -0.39 is 0 Å². The number of carbonyl (C=O) groups is 1. The maximum Gasteiger partial charge on any atom is 0.257 e. The highest BCUT2D eigenvalue weighted by atomic mass is 19.1. The van der Waals surface area contributed by atoms with Gasteiger partial charge in [0.1, 0.15) is 11.5 Å². The minimum Gasteiger partial charge on any atom is -0.338 e. The summed E-state index contributed by atoms with van der Waals surface area (Å²) in [6.45, 7) is 3.99. The fraction of sp³-hybridized carbons (Fsp3) is 0.333. The molecule has 0 bridgehead atoms. The van der Waals surface area contributed by atoms with Gasteiger partial charge in [-0.1, -0.05) is 12.1 Å². The van der Waals surface area contributed by atoms with Gasteiger partial charge in [0.15, 0.2) is 0 Å². The average Bonchev–Trinajstić information content (AvgIpc) is 2.87. The maximum absolute atomic E-state index is 13.8. The van der Waals surface area contributed by atoms with Gasteiger partial charge in [-0.05, 0) is 26.0 Å². The summed E-state index contributed by atoms with van der Waals surface area (Å²) in [6, 6.07) is 6.24. The fourth-order valence-corrected chi connectivity index (χ4v) is 2.03. The summed E-state index contributed by atoms with van der Waals surface area (Å²) in [4.78, 5) is 14.0. The van der Waals surface area contributed by atoms with Crippen LogP contribution in [-0.4, -0.2) is 40.2 Å². The summed E-state index contributed by atoms with van der Waals surface area (Å²) >= 11 is 0. The molecule has 1 heterocycles. The molecule has 21 heavy (non-hydrogen) atoms. The van der Waals surface area contributed by atoms with E-state index in [0.717, 1.165) is 0 Å². The summed E-state index contributed by atoms with van der Waals surface area (Å²) in [5.41, 5.74) is 6.95. The average molecular weight is 290 g/mol. The monoisotopic (exact) mass is 290 g/mol. The molecule has 2 rings (SSSR count). The predicted molar refractivity (Wildman–Crippen MR) is 78.9 cm³/mol. The molecule has 112 valence electrons. The maximum atomic E-state index is 13.8. The van der Waals surface area contributed by atoms with Gasteiger partial charge in [-0.3, -0.25) is 4.79 Å². The third-order valence-electron chi connectivity index (χ3n) is 3.64. The van der Waals surface area contributed by atoms with Crippen molar-refractivity contribution >= 4 is 5.91 Å². The van der Waals surface area contributed by atoms with Crippen LogP contribution in [0.4, 0.5) is 4.39 Å². The Kier molecular flexibility index (Phi) is 4.37. The highest BCUT2D eigenvalue weighted by molar-refractivity contribution is 5.95. The van der Waals surface area contributed by atoms with E-state index in [1.807, 2.05) is 6.92 Å². The smallest absolute Gasteiger partial charge is 0.257 e. The van der Waals surface area contributed by atoms with E-state index in [0.29, 0.717) is 23.5 Å². The molecule has 0 aliphatic rings. The SMILES string of the molecule is Cc1c(C(=O)N(C)C(C)CN)cnn1-c1ccccc1F. The Labute approximate surface area is 123 Å². The van der Waals surface area contributed by atoms with Crippen LogP contribution >= 0.6 is 0 Å². The van der Waals surface area contributed by atoms with E-state index in [2.05, 4.69) is 5.10 Å². The number of amides is 1. The third-order valence-corrected chi connectivity index (χ3v) is 3.64. The van der Waals surface area contributed by atoms with Crippen molar-refractivity contribution in [1.82, 2.24) is 14.7 Å². The number of likely N-dealkylation sites (N-methyl/N-ethyl adjacent to an activating group) is 1. The van der Waals surface area contributed by atoms with Crippen LogP contribution in [0.15, 0.2) is 30.5 Å². The molecule has 2 N–H and O–H groups in total. The lowest BCUT2D eigenvalue weighted by Gasteiger charge is -2.23. The zero-order chi connectivity index (χ0) is 15.6. The molecule has 6 heteroatoms. The number of para-hydroxylation sites is 1. The first-order chi connectivity index (χ1) is 9.97. The highest BCUT2D eigenvalue weighted by Crippen LogP contribution is 2.18. The van der Waals surface area contributed by atoms with E-state index in [1.165, 1.54) is 16.9 Å². The molecule has 1 unspecified atom stereocenters. The Morgan fingerprint density at radius 3 is 2.76 bits per heavy atom. The second-order valence-electron chi connectivity index (χ2n) is 5.01. The number of hydrogen-bond acceptors (Lipinski definition) is 3. The number of carbonyl (C=O) groups excluding carboxylic acids is 1. The molecular weight excluding hydrogens is 271 g/mol. The number of aromatic nitrogens is 2. The molecule has 0 aliphatic heterocycles. The van der Waals surface area contributed by atoms with Gasteiger partial charge in [-0.25, -0.2) is 9.07 Å². The lowest BCUT2D eigenvalue weighted by Crippen LogP contribution is -2.39. The molecule has 1 aromatic heterocycles. The van der Waals surface area contributed by atoms with Gasteiger partial charge in [0.25, 0.3) is 5.91 Å². The summed E-state index contributed by atoms with van der Waals surface area (Å²) in [6.07, 6.45) is 1.46. The Morgan fingerprint density at radius 2 is 2.14 bits per heavy atom. The lowest BCUT2D eigenvalue weighted by atomic mass is 10.2. The van der Waals surface area contributed by atoms with Gasteiger partial charge >= 0.3 is 0 Å². The topological polar surface area (TPSA) is 64.2 Å². The van der Waals surface area contributed by atoms with Gasteiger partial charge in [0.2, 0.25) is 0 Å². The quantitative estimate of drug-likeness (QED) is 0.933. The highest BCUT2D eigenvalue weighted by Gasteiger charge is 2.22. The number of hydrogen-bond donors (Lipinski definition) is 1. The van der Waals surface area contributed by atoms with Crippen molar-refractivity contribution in [2.45, 2.75) is 19.9 Å². The van der Waals surface area contributed by atoms with Crippen LogP contribution in [0, 0.1) is 12.7 Å². The van der Waals surface area contributed by atoms with Crippen LogP contribution in [0.3, 0.4) is 0 Å². The van der Waals surface area contributed by atoms with Crippen LogP contribution in [0.2, 0.25) is 0 Å². The first kappa shape index (κ1) is 15.2. The van der Waals surface area contributed by atoms with E-state index >= 15 is 0 Å². The fourth-order valence-electron chi connectivity index (χ4n) is 2.03. The predicted octanol–water partition coefficient (Wildman–Crippen LogP) is 1.74. The summed E-state index contributed by atoms with van der Waals surface area (Å²) in [7, 11) is 1.69. The Balaban J connectivity index is 2.38. The Bertz CT molecular complexity index is 653. The minimum absolute atomic E-state index is 0.0753. The summed E-state index contributed by atoms with van der Waals surface area (Å²) in [5.74, 6) is -0.556. The minimum atomic E-state index is -0.383. The molecular formula is C15H19FN4O. The molecule has 5 nitrogen and oxygen atoms in total. The van der Waals surface area contributed by atoms with Crippen molar-refractivity contribution in [2.75, 3.05) is 13.6 Å². The molecule has 0 spiro atoms. The molecule has 0 radical (unpaired) electrons. The van der Waals surface area contributed by atoms with Gasteiger partial charge in [-0.2, -0.15) is 5.10 Å². The van der Waals surface area contributed by atoms with Crippen molar-refractivity contribution < 1.29 is 9.18 Å². The van der Waals surface area contributed by atoms with Crippen LogP contribution in [0.5, 0.6) is 0 Å². The first-order valence-electron chi connectivity index (χ1n) is 6.74. The first-order valence-corrected chi connectivity index (χ1v) is 6.74. The van der Waals surface area contributed by atoms with Crippen LogP contribution in [0.25, 0.3) is 5.69 Å². The Hall–Kier alpha value is -2.21. The van der Waals surface area contributed by atoms with Crippen molar-refractivity contribution in [3.63, 3.8) is 0 Å². The number of nitrogens with zero attached hydrogens (tertiary/aromatic N) is 3. The molecule has 0 saturated carbocycles. The van der Waals surface area contributed by atoms with Crippen molar-refractivity contribution in [3.05, 3.63) is 47.5 Å². The zero-order valence-electron chi connectivity index (χ0n) is 12.4. The van der Waals surface area contributed by atoms with E-state index in [-0.39, 0.29) is 17.8 Å². The second-order valence-corrected chi connectivity index (χ2v) is 5.01. The van der Waals surface area contributed by atoms with Gasteiger partial charge in [-0.15, -0.1) is 0 Å². The van der Waals surface area contributed by atoms with E-state index in [9.17, 15) is 9.18 Å². The Morgan fingerprint density at radius 1 is 1.48 bits per heavy atom. The van der Waals surface area contributed by atoms with Crippen molar-refractivity contribution in [2.24, 2.45) is 5.73 Å².